The molecule has 3 aromatic carbocycles. The highest BCUT2D eigenvalue weighted by molar-refractivity contribution is 5.94. The number of cyclic esters (lactones) is 1. The zero-order valence-corrected chi connectivity index (χ0v) is 20.1. The number of esters is 1. The van der Waals surface area contributed by atoms with Crippen molar-refractivity contribution < 1.29 is 19.4 Å². The van der Waals surface area contributed by atoms with Crippen LogP contribution >= 0.6 is 0 Å². The quantitative estimate of drug-likeness (QED) is 0.380. The van der Waals surface area contributed by atoms with Crippen LogP contribution in [0.2, 0.25) is 0 Å². The molecule has 2 fully saturated rings. The molecule has 2 aliphatic heterocycles. The van der Waals surface area contributed by atoms with Gasteiger partial charge in [0.1, 0.15) is 18.5 Å². The Morgan fingerprint density at radius 2 is 1.80 bits per heavy atom. The number of β-amino-alcohol motifs (C(OH)–C–C–N with tert-alkyl or cyclic N) is 1. The SMILES string of the molecule is O=C1OCCC/C1=C/c1ccccc1OC[C@@H](O)CN1CCC(c2ccc3ccccc3c2)CC1. The first-order chi connectivity index (χ1) is 17.2. The molecule has 1 atom stereocenters. The van der Waals surface area contributed by atoms with E-state index in [0.717, 1.165) is 37.9 Å². The lowest BCUT2D eigenvalue weighted by Gasteiger charge is -2.33. The van der Waals surface area contributed by atoms with Gasteiger partial charge in [-0.15, -0.1) is 0 Å². The number of piperidine rings is 1. The van der Waals surface area contributed by atoms with Crippen molar-refractivity contribution in [3.63, 3.8) is 0 Å². The van der Waals surface area contributed by atoms with E-state index in [9.17, 15) is 9.90 Å². The van der Waals surface area contributed by atoms with Crippen LogP contribution in [-0.2, 0) is 9.53 Å². The number of benzene rings is 3. The Hall–Kier alpha value is -3.15. The fourth-order valence-corrected chi connectivity index (χ4v) is 5.12. The van der Waals surface area contributed by atoms with E-state index in [1.807, 2.05) is 30.3 Å². The third-order valence-electron chi connectivity index (χ3n) is 7.07. The molecule has 2 saturated heterocycles. The van der Waals surface area contributed by atoms with Gasteiger partial charge in [0, 0.05) is 17.7 Å². The average molecular weight is 472 g/mol. The maximum absolute atomic E-state index is 12.0. The van der Waals surface area contributed by atoms with Gasteiger partial charge in [0.05, 0.1) is 6.61 Å². The number of hydrogen-bond acceptors (Lipinski definition) is 5. The molecule has 5 heteroatoms. The normalized spacial score (nSPS) is 19.6. The van der Waals surface area contributed by atoms with Crippen LogP contribution in [0.25, 0.3) is 16.8 Å². The maximum atomic E-state index is 12.0. The largest absolute Gasteiger partial charge is 0.490 e. The minimum absolute atomic E-state index is 0.217. The van der Waals surface area contributed by atoms with Gasteiger partial charge in [0.2, 0.25) is 0 Å². The van der Waals surface area contributed by atoms with Crippen molar-refractivity contribution in [1.82, 2.24) is 4.90 Å². The molecule has 2 heterocycles. The number of carbonyl (C=O) groups excluding carboxylic acids is 1. The molecule has 35 heavy (non-hydrogen) atoms. The summed E-state index contributed by atoms with van der Waals surface area (Å²) >= 11 is 0. The summed E-state index contributed by atoms with van der Waals surface area (Å²) < 4.78 is 11.1. The highest BCUT2D eigenvalue weighted by Gasteiger charge is 2.23. The van der Waals surface area contributed by atoms with E-state index in [1.54, 1.807) is 0 Å². The molecular weight excluding hydrogens is 438 g/mol. The summed E-state index contributed by atoms with van der Waals surface area (Å²) in [5.41, 5.74) is 2.92. The topological polar surface area (TPSA) is 59.0 Å². The number of hydrogen-bond donors (Lipinski definition) is 1. The molecule has 0 unspecified atom stereocenters. The maximum Gasteiger partial charge on any atom is 0.334 e. The van der Waals surface area contributed by atoms with Crippen molar-refractivity contribution >= 4 is 22.8 Å². The van der Waals surface area contributed by atoms with E-state index in [4.69, 9.17) is 9.47 Å². The monoisotopic (exact) mass is 471 g/mol. The first kappa shape index (κ1) is 23.6. The molecule has 0 amide bonds. The summed E-state index contributed by atoms with van der Waals surface area (Å²) in [4.78, 5) is 14.3. The number of aliphatic hydroxyl groups excluding tert-OH is 1. The Morgan fingerprint density at radius 3 is 2.63 bits per heavy atom. The second-order valence-corrected chi connectivity index (χ2v) is 9.59. The molecule has 5 nitrogen and oxygen atoms in total. The van der Waals surface area contributed by atoms with E-state index in [0.29, 0.717) is 36.8 Å². The van der Waals surface area contributed by atoms with Crippen LogP contribution in [0.3, 0.4) is 0 Å². The fourth-order valence-electron chi connectivity index (χ4n) is 5.12. The van der Waals surface area contributed by atoms with Crippen LogP contribution < -0.4 is 4.74 Å². The first-order valence-electron chi connectivity index (χ1n) is 12.6. The summed E-state index contributed by atoms with van der Waals surface area (Å²) in [5, 5.41) is 13.2. The number of para-hydroxylation sites is 1. The first-order valence-corrected chi connectivity index (χ1v) is 12.6. The van der Waals surface area contributed by atoms with E-state index in [1.165, 1.54) is 16.3 Å². The molecule has 3 aromatic rings. The molecule has 0 aliphatic carbocycles. The van der Waals surface area contributed by atoms with Crippen molar-refractivity contribution in [2.75, 3.05) is 32.8 Å². The third kappa shape index (κ3) is 5.92. The molecule has 5 rings (SSSR count). The molecule has 0 saturated carbocycles. The third-order valence-corrected chi connectivity index (χ3v) is 7.07. The van der Waals surface area contributed by atoms with E-state index >= 15 is 0 Å². The Bertz CT molecular complexity index is 1200. The van der Waals surface area contributed by atoms with Crippen molar-refractivity contribution in [2.45, 2.75) is 37.7 Å². The number of aliphatic hydroxyl groups is 1. The lowest BCUT2D eigenvalue weighted by Crippen LogP contribution is -2.40. The van der Waals surface area contributed by atoms with Gasteiger partial charge < -0.3 is 19.5 Å². The van der Waals surface area contributed by atoms with Crippen LogP contribution in [0.1, 0.15) is 42.7 Å². The fraction of sp³-hybridized carbons (Fsp3) is 0.367. The van der Waals surface area contributed by atoms with Gasteiger partial charge in [-0.05, 0) is 73.2 Å². The highest BCUT2D eigenvalue weighted by Crippen LogP contribution is 2.30. The number of nitrogens with zero attached hydrogens (tertiary/aromatic N) is 1. The Balaban J connectivity index is 1.12. The molecule has 0 radical (unpaired) electrons. The van der Waals surface area contributed by atoms with Crippen LogP contribution in [0.15, 0.2) is 72.3 Å². The molecule has 182 valence electrons. The molecule has 2 aliphatic rings. The number of carbonyl (C=O) groups is 1. The summed E-state index contributed by atoms with van der Waals surface area (Å²) in [7, 11) is 0. The minimum Gasteiger partial charge on any atom is -0.490 e. The standard InChI is InChI=1S/C30H33NO4/c32-28(21-35-29-10-4-3-8-26(29)19-27-9-5-17-34-30(27)33)20-31-15-13-23(14-16-31)25-12-11-22-6-1-2-7-24(22)18-25/h1-4,6-8,10-12,18-19,23,28,32H,5,9,13-17,20-21H2/b27-19-/t28-/m0/s1. The number of rotatable bonds is 7. The lowest BCUT2D eigenvalue weighted by molar-refractivity contribution is -0.141. The van der Waals surface area contributed by atoms with Gasteiger partial charge in [-0.2, -0.15) is 0 Å². The van der Waals surface area contributed by atoms with Gasteiger partial charge in [0.25, 0.3) is 0 Å². The zero-order valence-electron chi connectivity index (χ0n) is 20.1. The van der Waals surface area contributed by atoms with E-state index < -0.39 is 6.10 Å². The molecule has 0 spiro atoms. The van der Waals surface area contributed by atoms with E-state index in [-0.39, 0.29) is 12.6 Å². The van der Waals surface area contributed by atoms with Crippen molar-refractivity contribution in [3.05, 3.63) is 83.4 Å². The zero-order chi connectivity index (χ0) is 24.0. The van der Waals surface area contributed by atoms with Gasteiger partial charge in [-0.1, -0.05) is 60.7 Å². The summed E-state index contributed by atoms with van der Waals surface area (Å²) in [5.74, 6) is 0.987. The molecule has 0 aromatic heterocycles. The van der Waals surface area contributed by atoms with Gasteiger partial charge in [0.15, 0.2) is 0 Å². The smallest absolute Gasteiger partial charge is 0.334 e. The Labute approximate surface area is 207 Å². The number of ether oxygens (including phenoxy) is 2. The molecule has 0 bridgehead atoms. The molecular formula is C30H33NO4. The van der Waals surface area contributed by atoms with Crippen LogP contribution in [-0.4, -0.2) is 54.9 Å². The Kier molecular flexibility index (Phi) is 7.45. The number of likely N-dealkylation sites (tertiary alicyclic amines) is 1. The second kappa shape index (κ2) is 11.1. The minimum atomic E-state index is -0.576. The van der Waals surface area contributed by atoms with E-state index in [2.05, 4.69) is 47.4 Å². The lowest BCUT2D eigenvalue weighted by atomic mass is 9.88. The van der Waals surface area contributed by atoms with Crippen molar-refractivity contribution in [1.29, 1.82) is 0 Å². The number of fused-ring (bicyclic) bond motifs is 1. The second-order valence-electron chi connectivity index (χ2n) is 9.59. The van der Waals surface area contributed by atoms with Crippen LogP contribution in [0.4, 0.5) is 0 Å². The summed E-state index contributed by atoms with van der Waals surface area (Å²) in [6.45, 7) is 3.24. The summed E-state index contributed by atoms with van der Waals surface area (Å²) in [6.07, 6.45) is 5.02. The van der Waals surface area contributed by atoms with Crippen LogP contribution in [0, 0.1) is 0 Å². The predicted molar refractivity (Wildman–Crippen MR) is 138 cm³/mol. The average Bonchev–Trinajstić information content (AvgIpc) is 2.90. The van der Waals surface area contributed by atoms with Crippen molar-refractivity contribution in [3.8, 4) is 5.75 Å². The van der Waals surface area contributed by atoms with Gasteiger partial charge in [-0.3, -0.25) is 0 Å². The highest BCUT2D eigenvalue weighted by atomic mass is 16.5. The van der Waals surface area contributed by atoms with Gasteiger partial charge in [-0.25, -0.2) is 4.79 Å². The molecule has 1 N–H and O–H groups in total. The van der Waals surface area contributed by atoms with Crippen LogP contribution in [0.5, 0.6) is 5.75 Å². The van der Waals surface area contributed by atoms with Gasteiger partial charge >= 0.3 is 5.97 Å². The van der Waals surface area contributed by atoms with Crippen molar-refractivity contribution in [2.24, 2.45) is 0 Å². The predicted octanol–water partition coefficient (Wildman–Crippen LogP) is 5.18. The Morgan fingerprint density at radius 1 is 1.03 bits per heavy atom. The summed E-state index contributed by atoms with van der Waals surface area (Å²) in [6, 6.07) is 23.0.